The minimum atomic E-state index is 0.0950. The first-order valence-electron chi connectivity index (χ1n) is 7.98. The van der Waals surface area contributed by atoms with Crippen molar-refractivity contribution in [1.29, 1.82) is 0 Å². The van der Waals surface area contributed by atoms with E-state index in [4.69, 9.17) is 9.47 Å². The summed E-state index contributed by atoms with van der Waals surface area (Å²) < 4.78 is 10.8. The number of likely N-dealkylation sites (N-methyl/N-ethyl adjacent to an activating group) is 1. The minimum Gasteiger partial charge on any atom is -0.454 e. The molecule has 1 amide bonds. The van der Waals surface area contributed by atoms with Crippen molar-refractivity contribution in [3.63, 3.8) is 0 Å². The van der Waals surface area contributed by atoms with E-state index < -0.39 is 0 Å². The van der Waals surface area contributed by atoms with Gasteiger partial charge >= 0.3 is 0 Å². The molecule has 2 heterocycles. The molecule has 0 saturated heterocycles. The molecule has 1 N–H and O–H groups in total. The van der Waals surface area contributed by atoms with E-state index in [-0.39, 0.29) is 18.7 Å². The normalized spacial score (nSPS) is 16.5. The largest absolute Gasteiger partial charge is 0.454 e. The average molecular weight is 314 g/mol. The lowest BCUT2D eigenvalue weighted by molar-refractivity contribution is -0.128. The Morgan fingerprint density at radius 2 is 2.17 bits per heavy atom. The predicted molar refractivity (Wildman–Crippen MR) is 88.1 cm³/mol. The van der Waals surface area contributed by atoms with Crippen LogP contribution in [0, 0.1) is 0 Å². The van der Waals surface area contributed by atoms with Crippen LogP contribution in [0.4, 0.5) is 0 Å². The van der Waals surface area contributed by atoms with Crippen molar-refractivity contribution in [1.82, 2.24) is 10.2 Å². The van der Waals surface area contributed by atoms with Gasteiger partial charge in [-0.25, -0.2) is 0 Å². The van der Waals surface area contributed by atoms with Gasteiger partial charge in [-0.15, -0.1) is 0 Å². The van der Waals surface area contributed by atoms with Gasteiger partial charge in [0.2, 0.25) is 6.79 Å². The molecule has 0 aromatic heterocycles. The van der Waals surface area contributed by atoms with Gasteiger partial charge in [-0.2, -0.15) is 0 Å². The molecule has 23 heavy (non-hydrogen) atoms. The highest BCUT2D eigenvalue weighted by Gasteiger charge is 2.23. The lowest BCUT2D eigenvalue weighted by atomic mass is 10.0. The van der Waals surface area contributed by atoms with Crippen LogP contribution < -0.4 is 14.8 Å². The number of carbonyl (C=O) groups excluding carboxylic acids is 1. The lowest BCUT2D eigenvalue weighted by Gasteiger charge is -2.29. The van der Waals surface area contributed by atoms with Gasteiger partial charge in [-0.3, -0.25) is 4.79 Å². The van der Waals surface area contributed by atoms with Crippen molar-refractivity contribution in [2.75, 3.05) is 13.3 Å². The summed E-state index contributed by atoms with van der Waals surface area (Å²) in [4.78, 5) is 14.6. The molecular formula is C18H22N2O3. The molecule has 1 aromatic carbocycles. The number of amides is 1. The van der Waals surface area contributed by atoms with E-state index in [1.165, 1.54) is 0 Å². The number of allylic oxidation sites excluding steroid dienone is 1. The Bertz CT molecular complexity index is 652. The number of fused-ring (bicyclic) bond motifs is 1. The number of benzene rings is 1. The van der Waals surface area contributed by atoms with Crippen molar-refractivity contribution >= 4 is 5.91 Å². The number of nitrogens with zero attached hydrogens (tertiary/aromatic N) is 1. The van der Waals surface area contributed by atoms with Gasteiger partial charge in [0.05, 0.1) is 0 Å². The Hall–Kier alpha value is -2.43. The first-order valence-corrected chi connectivity index (χ1v) is 7.98. The van der Waals surface area contributed by atoms with E-state index in [0.717, 1.165) is 29.1 Å². The van der Waals surface area contributed by atoms with Crippen molar-refractivity contribution in [2.24, 2.45) is 0 Å². The van der Waals surface area contributed by atoms with E-state index >= 15 is 0 Å². The second kappa shape index (κ2) is 6.77. The Morgan fingerprint density at radius 1 is 1.35 bits per heavy atom. The van der Waals surface area contributed by atoms with Crippen LogP contribution in [0.25, 0.3) is 0 Å². The summed E-state index contributed by atoms with van der Waals surface area (Å²) in [5.41, 5.74) is 1.94. The third-order valence-electron chi connectivity index (χ3n) is 4.19. The van der Waals surface area contributed by atoms with E-state index in [1.54, 1.807) is 6.20 Å². The summed E-state index contributed by atoms with van der Waals surface area (Å²) in [6.45, 7) is 5.06. The molecular weight excluding hydrogens is 292 g/mol. The van der Waals surface area contributed by atoms with Gasteiger partial charge in [0, 0.05) is 24.4 Å². The monoisotopic (exact) mass is 314 g/mol. The van der Waals surface area contributed by atoms with Gasteiger partial charge in [-0.1, -0.05) is 12.1 Å². The molecule has 122 valence electrons. The summed E-state index contributed by atoms with van der Waals surface area (Å²) in [5, 5.41) is 2.99. The molecule has 1 aromatic rings. The molecule has 0 fully saturated rings. The zero-order valence-corrected chi connectivity index (χ0v) is 13.5. The first-order chi connectivity index (χ1) is 11.2. The van der Waals surface area contributed by atoms with E-state index in [9.17, 15) is 4.79 Å². The fourth-order valence-electron chi connectivity index (χ4n) is 2.97. The quantitative estimate of drug-likeness (QED) is 0.907. The van der Waals surface area contributed by atoms with Crippen LogP contribution in [0.1, 0.15) is 25.8 Å². The van der Waals surface area contributed by atoms with Crippen molar-refractivity contribution < 1.29 is 14.3 Å². The number of nitrogens with one attached hydrogen (secondary N) is 1. The molecule has 1 atom stereocenters. The topological polar surface area (TPSA) is 50.8 Å². The summed E-state index contributed by atoms with van der Waals surface area (Å²) in [7, 11) is 0. The fraction of sp³-hybridized carbons (Fsp3) is 0.389. The molecule has 0 aliphatic carbocycles. The number of hydrogen-bond acceptors (Lipinski definition) is 4. The maximum absolute atomic E-state index is 12.7. The molecule has 3 rings (SSSR count). The Morgan fingerprint density at radius 3 is 2.91 bits per heavy atom. The standard InChI is InChI=1S/C18H22N2O3/c1-3-20(18(21)15-5-4-8-19-11-15)13(2)9-14-6-7-16-17(10-14)23-12-22-16/h4,6-8,10-11,13,19H,3,5,9,12H2,1-2H3. The molecule has 0 bridgehead atoms. The Balaban J connectivity index is 1.69. The average Bonchev–Trinajstić information content (AvgIpc) is 3.04. The molecule has 1 unspecified atom stereocenters. The first kappa shape index (κ1) is 15.5. The maximum atomic E-state index is 12.7. The van der Waals surface area contributed by atoms with Crippen LogP contribution in [0.2, 0.25) is 0 Å². The van der Waals surface area contributed by atoms with E-state index in [1.807, 2.05) is 42.3 Å². The highest BCUT2D eigenvalue weighted by atomic mass is 16.7. The van der Waals surface area contributed by atoms with Crippen LogP contribution in [0.3, 0.4) is 0 Å². The maximum Gasteiger partial charge on any atom is 0.251 e. The molecule has 0 spiro atoms. The predicted octanol–water partition coefficient (Wildman–Crippen LogP) is 2.59. The summed E-state index contributed by atoms with van der Waals surface area (Å²) >= 11 is 0. The molecule has 0 radical (unpaired) electrons. The molecule has 2 aliphatic rings. The highest BCUT2D eigenvalue weighted by Crippen LogP contribution is 2.33. The van der Waals surface area contributed by atoms with Crippen molar-refractivity contribution in [3.8, 4) is 11.5 Å². The summed E-state index contributed by atoms with van der Waals surface area (Å²) in [5.74, 6) is 1.67. The summed E-state index contributed by atoms with van der Waals surface area (Å²) in [6, 6.07) is 6.08. The number of rotatable bonds is 5. The highest BCUT2D eigenvalue weighted by molar-refractivity contribution is 5.94. The number of carbonyl (C=O) groups is 1. The second-order valence-corrected chi connectivity index (χ2v) is 5.77. The van der Waals surface area contributed by atoms with Crippen LogP contribution in [0.15, 0.2) is 42.2 Å². The lowest BCUT2D eigenvalue weighted by Crippen LogP contribution is -2.41. The Kier molecular flexibility index (Phi) is 4.55. The third kappa shape index (κ3) is 3.33. The zero-order chi connectivity index (χ0) is 16.2. The molecule has 5 nitrogen and oxygen atoms in total. The van der Waals surface area contributed by atoms with E-state index in [2.05, 4.69) is 12.2 Å². The SMILES string of the molecule is CCN(C(=O)C1=CNC=CC1)C(C)Cc1ccc2c(c1)OCO2. The molecule has 5 heteroatoms. The van der Waals surface area contributed by atoms with Crippen molar-refractivity contribution in [3.05, 3.63) is 47.8 Å². The van der Waals surface area contributed by atoms with Crippen LogP contribution in [0.5, 0.6) is 11.5 Å². The number of ether oxygens (including phenoxy) is 2. The second-order valence-electron chi connectivity index (χ2n) is 5.77. The van der Waals surface area contributed by atoms with Crippen molar-refractivity contribution in [2.45, 2.75) is 32.7 Å². The van der Waals surface area contributed by atoms with E-state index in [0.29, 0.717) is 13.0 Å². The van der Waals surface area contributed by atoms with Gasteiger partial charge in [0.1, 0.15) is 0 Å². The van der Waals surface area contributed by atoms with Gasteiger partial charge < -0.3 is 19.7 Å². The van der Waals surface area contributed by atoms with Crippen LogP contribution in [-0.4, -0.2) is 30.2 Å². The third-order valence-corrected chi connectivity index (χ3v) is 4.19. The summed E-state index contributed by atoms with van der Waals surface area (Å²) in [6.07, 6.45) is 7.07. The van der Waals surface area contributed by atoms with Crippen LogP contribution in [-0.2, 0) is 11.2 Å². The van der Waals surface area contributed by atoms with Crippen LogP contribution >= 0.6 is 0 Å². The molecule has 0 saturated carbocycles. The number of hydrogen-bond donors (Lipinski definition) is 1. The van der Waals surface area contributed by atoms with Gasteiger partial charge in [0.25, 0.3) is 5.91 Å². The number of dihydropyridines is 1. The Labute approximate surface area is 136 Å². The minimum absolute atomic E-state index is 0.0950. The smallest absolute Gasteiger partial charge is 0.251 e. The van der Waals surface area contributed by atoms with Gasteiger partial charge in [-0.05, 0) is 50.6 Å². The zero-order valence-electron chi connectivity index (χ0n) is 13.5. The molecule has 2 aliphatic heterocycles. The fourth-order valence-corrected chi connectivity index (χ4v) is 2.97. The van der Waals surface area contributed by atoms with Gasteiger partial charge in [0.15, 0.2) is 11.5 Å².